The van der Waals surface area contributed by atoms with Crippen molar-refractivity contribution in [1.29, 1.82) is 0 Å². The van der Waals surface area contributed by atoms with Crippen LogP contribution in [0.4, 0.5) is 0 Å². The zero-order valence-electron chi connectivity index (χ0n) is 8.33. The molecule has 72 valence electrons. The van der Waals surface area contributed by atoms with Crippen LogP contribution in [0.1, 0.15) is 16.8 Å². The molecule has 0 aliphatic carbocycles. The summed E-state index contributed by atoms with van der Waals surface area (Å²) in [6, 6.07) is 11.8. The summed E-state index contributed by atoms with van der Waals surface area (Å²) in [7, 11) is 0. The zero-order chi connectivity index (χ0) is 10.7. The van der Waals surface area contributed by atoms with Crippen LogP contribution in [-0.2, 0) is 0 Å². The molecule has 0 atom stereocenters. The first-order chi connectivity index (χ1) is 7.31. The molecule has 1 aromatic carbocycles. The molecule has 2 rings (SSSR count). The molecule has 1 heterocycles. The van der Waals surface area contributed by atoms with E-state index in [4.69, 9.17) is 6.42 Å². The lowest BCUT2D eigenvalue weighted by atomic mass is 10.0. The fourth-order valence-corrected chi connectivity index (χ4v) is 1.44. The Balaban J connectivity index is 2.32. The fourth-order valence-electron chi connectivity index (χ4n) is 1.44. The van der Waals surface area contributed by atoms with Crippen molar-refractivity contribution in [3.05, 3.63) is 66.0 Å². The van der Waals surface area contributed by atoms with Crippen molar-refractivity contribution in [2.45, 2.75) is 0 Å². The molecule has 0 radical (unpaired) electrons. The summed E-state index contributed by atoms with van der Waals surface area (Å²) in [5.41, 5.74) is 3.97. The minimum atomic E-state index is 0.887. The topological polar surface area (TPSA) is 15.8 Å². The van der Waals surface area contributed by atoms with E-state index in [1.165, 1.54) is 0 Å². The summed E-state index contributed by atoms with van der Waals surface area (Å²) in [6.45, 7) is 4.04. The van der Waals surface area contributed by atoms with Crippen molar-refractivity contribution in [3.63, 3.8) is 0 Å². The van der Waals surface area contributed by atoms with Gasteiger partial charge in [0.2, 0.25) is 0 Å². The number of benzene rings is 1. The maximum absolute atomic E-state index is 5.29. The maximum Gasteiger partial charge on any atom is 0.0453 e. The van der Waals surface area contributed by atoms with Gasteiger partial charge in [-0.1, -0.05) is 24.6 Å². The van der Waals surface area contributed by atoms with Gasteiger partial charge in [0.25, 0.3) is 0 Å². The van der Waals surface area contributed by atoms with E-state index in [-0.39, 0.29) is 0 Å². The van der Waals surface area contributed by atoms with Gasteiger partial charge in [-0.3, -0.25) is 0 Å². The van der Waals surface area contributed by atoms with Crippen LogP contribution in [0.15, 0.2) is 49.2 Å². The van der Waals surface area contributed by atoms with Gasteiger partial charge in [-0.15, -0.1) is 6.42 Å². The van der Waals surface area contributed by atoms with Gasteiger partial charge < -0.3 is 4.98 Å². The molecule has 0 saturated carbocycles. The molecule has 0 amide bonds. The first-order valence-electron chi connectivity index (χ1n) is 4.71. The zero-order valence-corrected chi connectivity index (χ0v) is 8.33. The molecule has 0 aliphatic rings. The quantitative estimate of drug-likeness (QED) is 0.705. The van der Waals surface area contributed by atoms with Crippen molar-refractivity contribution in [2.75, 3.05) is 0 Å². The number of hydrogen-bond acceptors (Lipinski definition) is 0. The van der Waals surface area contributed by atoms with E-state index in [9.17, 15) is 0 Å². The molecule has 1 nitrogen and oxygen atoms in total. The largest absolute Gasteiger partial charge is 0.361 e. The van der Waals surface area contributed by atoms with Gasteiger partial charge in [0.1, 0.15) is 0 Å². The highest BCUT2D eigenvalue weighted by atomic mass is 14.7. The molecule has 1 heteroatoms. The van der Waals surface area contributed by atoms with Gasteiger partial charge in [-0.25, -0.2) is 0 Å². The molecule has 1 N–H and O–H groups in total. The summed E-state index contributed by atoms with van der Waals surface area (Å²) in [6.07, 6.45) is 7.18. The maximum atomic E-state index is 5.29. The first-order valence-corrected chi connectivity index (χ1v) is 4.71. The van der Waals surface area contributed by atoms with Gasteiger partial charge in [0, 0.05) is 17.5 Å². The predicted octanol–water partition coefficient (Wildman–Crippen LogP) is 3.06. The van der Waals surface area contributed by atoms with Crippen LogP contribution in [0.3, 0.4) is 0 Å². The Kier molecular flexibility index (Phi) is 2.43. The average Bonchev–Trinajstić information content (AvgIpc) is 2.82. The van der Waals surface area contributed by atoms with Crippen LogP contribution in [0, 0.1) is 12.3 Å². The van der Waals surface area contributed by atoms with Crippen LogP contribution in [0.25, 0.3) is 5.57 Å². The Morgan fingerprint density at radius 2 is 1.93 bits per heavy atom. The molecule has 0 bridgehead atoms. The number of aromatic nitrogens is 1. The van der Waals surface area contributed by atoms with Gasteiger partial charge in [0.15, 0.2) is 0 Å². The number of H-pyrrole nitrogens is 1. The van der Waals surface area contributed by atoms with Crippen LogP contribution < -0.4 is 0 Å². The Bertz CT molecular complexity index is 495. The van der Waals surface area contributed by atoms with E-state index in [1.807, 2.05) is 42.6 Å². The van der Waals surface area contributed by atoms with E-state index in [0.717, 1.165) is 22.4 Å². The van der Waals surface area contributed by atoms with Crippen molar-refractivity contribution in [2.24, 2.45) is 0 Å². The second kappa shape index (κ2) is 3.89. The molecule has 2 aromatic rings. The van der Waals surface area contributed by atoms with E-state index >= 15 is 0 Å². The SMILES string of the molecule is C#Cc1ccc(C(=C)c2ccc[nH]2)cc1. The molecule has 0 spiro atoms. The Morgan fingerprint density at radius 1 is 1.20 bits per heavy atom. The summed E-state index contributed by atoms with van der Waals surface area (Å²) >= 11 is 0. The lowest BCUT2D eigenvalue weighted by Crippen LogP contribution is -1.86. The van der Waals surface area contributed by atoms with E-state index < -0.39 is 0 Å². The fraction of sp³-hybridized carbons (Fsp3) is 0. The second-order valence-electron chi connectivity index (χ2n) is 3.28. The van der Waals surface area contributed by atoms with Crippen molar-refractivity contribution in [1.82, 2.24) is 4.98 Å². The number of nitrogens with one attached hydrogen (secondary N) is 1. The molecule has 0 fully saturated rings. The normalized spacial score (nSPS) is 9.53. The third-order valence-corrected chi connectivity index (χ3v) is 2.32. The number of terminal acetylenes is 1. The van der Waals surface area contributed by atoms with Gasteiger partial charge in [-0.2, -0.15) is 0 Å². The third-order valence-electron chi connectivity index (χ3n) is 2.32. The van der Waals surface area contributed by atoms with Gasteiger partial charge in [0.05, 0.1) is 0 Å². The molecular formula is C14H11N. The minimum Gasteiger partial charge on any atom is -0.361 e. The lowest BCUT2D eigenvalue weighted by Gasteiger charge is -2.03. The van der Waals surface area contributed by atoms with Crippen molar-refractivity contribution >= 4 is 5.57 Å². The molecule has 15 heavy (non-hydrogen) atoms. The highest BCUT2D eigenvalue weighted by molar-refractivity contribution is 5.76. The summed E-state index contributed by atoms with van der Waals surface area (Å²) < 4.78 is 0. The summed E-state index contributed by atoms with van der Waals surface area (Å²) in [4.78, 5) is 3.12. The lowest BCUT2D eigenvalue weighted by molar-refractivity contribution is 1.35. The summed E-state index contributed by atoms with van der Waals surface area (Å²) in [5, 5.41) is 0. The monoisotopic (exact) mass is 193 g/mol. The average molecular weight is 193 g/mol. The number of rotatable bonds is 2. The first kappa shape index (κ1) is 9.36. The molecular weight excluding hydrogens is 182 g/mol. The van der Waals surface area contributed by atoms with Crippen LogP contribution >= 0.6 is 0 Å². The van der Waals surface area contributed by atoms with Crippen molar-refractivity contribution < 1.29 is 0 Å². The number of aromatic amines is 1. The van der Waals surface area contributed by atoms with Crippen LogP contribution in [-0.4, -0.2) is 4.98 Å². The highest BCUT2D eigenvalue weighted by Crippen LogP contribution is 2.19. The highest BCUT2D eigenvalue weighted by Gasteiger charge is 2.01. The van der Waals surface area contributed by atoms with Gasteiger partial charge in [-0.05, 0) is 35.4 Å². The molecule has 0 unspecified atom stereocenters. The Labute approximate surface area is 89.5 Å². The Morgan fingerprint density at radius 3 is 2.47 bits per heavy atom. The van der Waals surface area contributed by atoms with E-state index in [0.29, 0.717) is 0 Å². The minimum absolute atomic E-state index is 0.887. The van der Waals surface area contributed by atoms with Crippen molar-refractivity contribution in [3.8, 4) is 12.3 Å². The number of hydrogen-bond donors (Lipinski definition) is 1. The van der Waals surface area contributed by atoms with Crippen LogP contribution in [0.2, 0.25) is 0 Å². The predicted molar refractivity (Wildman–Crippen MR) is 63.3 cm³/mol. The molecule has 0 saturated heterocycles. The molecule has 0 aliphatic heterocycles. The van der Waals surface area contributed by atoms with E-state index in [1.54, 1.807) is 0 Å². The summed E-state index contributed by atoms with van der Waals surface area (Å²) in [5.74, 6) is 2.59. The Hall–Kier alpha value is -2.20. The smallest absolute Gasteiger partial charge is 0.0453 e. The van der Waals surface area contributed by atoms with E-state index in [2.05, 4.69) is 17.5 Å². The van der Waals surface area contributed by atoms with Gasteiger partial charge >= 0.3 is 0 Å². The van der Waals surface area contributed by atoms with Crippen LogP contribution in [0.5, 0.6) is 0 Å². The molecule has 1 aromatic heterocycles. The standard InChI is InChI=1S/C14H11N/c1-3-12-6-8-13(9-7-12)11(2)14-5-4-10-15-14/h1,4-10,15H,2H2. The third kappa shape index (κ3) is 1.84. The second-order valence-corrected chi connectivity index (χ2v) is 3.28.